The zero-order valence-electron chi connectivity index (χ0n) is 15.7. The molecule has 7 heteroatoms. The summed E-state index contributed by atoms with van der Waals surface area (Å²) in [6.07, 6.45) is 5.25. The highest BCUT2D eigenvalue weighted by atomic mass is 16.5. The molecule has 0 spiro atoms. The van der Waals surface area contributed by atoms with E-state index in [4.69, 9.17) is 19.7 Å². The summed E-state index contributed by atoms with van der Waals surface area (Å²) in [5, 5.41) is 9.09. The number of nitrogens with zero attached hydrogens (tertiary/aromatic N) is 5. The molecule has 0 fully saturated rings. The molecule has 7 nitrogen and oxygen atoms in total. The largest absolute Gasteiger partial charge is 0.481 e. The van der Waals surface area contributed by atoms with Gasteiger partial charge in [-0.1, -0.05) is 12.1 Å². The molecule has 1 aromatic carbocycles. The summed E-state index contributed by atoms with van der Waals surface area (Å²) >= 11 is 0. The van der Waals surface area contributed by atoms with E-state index in [1.54, 1.807) is 49.3 Å². The second-order valence-corrected chi connectivity index (χ2v) is 6.18. The van der Waals surface area contributed by atoms with Gasteiger partial charge >= 0.3 is 6.01 Å². The van der Waals surface area contributed by atoms with Crippen LogP contribution in [0.4, 0.5) is 0 Å². The Labute approximate surface area is 161 Å². The van der Waals surface area contributed by atoms with Crippen LogP contribution >= 0.6 is 0 Å². The topological polar surface area (TPSA) is 85.3 Å². The van der Waals surface area contributed by atoms with Gasteiger partial charge in [0, 0.05) is 35.3 Å². The fraction of sp³-hybridized carbons (Fsp3) is 0.143. The Morgan fingerprint density at radius 1 is 1.04 bits per heavy atom. The van der Waals surface area contributed by atoms with Gasteiger partial charge in [-0.3, -0.25) is 4.40 Å². The van der Waals surface area contributed by atoms with E-state index in [0.717, 1.165) is 22.3 Å². The van der Waals surface area contributed by atoms with Crippen molar-refractivity contribution >= 4 is 5.65 Å². The van der Waals surface area contributed by atoms with Crippen LogP contribution in [0.1, 0.15) is 11.1 Å². The number of ether oxygens (including phenoxy) is 2. The molecule has 28 heavy (non-hydrogen) atoms. The van der Waals surface area contributed by atoms with E-state index >= 15 is 0 Å². The highest BCUT2D eigenvalue weighted by Gasteiger charge is 2.19. The average Bonchev–Trinajstić information content (AvgIpc) is 3.22. The molecule has 0 saturated heterocycles. The van der Waals surface area contributed by atoms with E-state index in [2.05, 4.69) is 16.0 Å². The van der Waals surface area contributed by atoms with Crippen LogP contribution in [0, 0.1) is 18.3 Å². The standard InChI is InChI=1S/C21H17N5O2/c1-13-10-16(12-24-20(13)27-2)17-18(15-6-4-14(11-22)5-7-15)25-21(28-3)26-9-8-23-19(17)26/h4-10,12H,1-3H3. The van der Waals surface area contributed by atoms with Crippen molar-refractivity contribution in [2.45, 2.75) is 6.92 Å². The Hall–Kier alpha value is -3.92. The van der Waals surface area contributed by atoms with Crippen molar-refractivity contribution in [1.29, 1.82) is 5.26 Å². The molecular formula is C21H17N5O2. The Balaban J connectivity index is 2.04. The van der Waals surface area contributed by atoms with Crippen molar-refractivity contribution in [3.8, 4) is 40.3 Å². The number of hydrogen-bond donors (Lipinski definition) is 0. The molecule has 0 bridgehead atoms. The van der Waals surface area contributed by atoms with Gasteiger partial charge in [-0.15, -0.1) is 0 Å². The number of imidazole rings is 1. The van der Waals surface area contributed by atoms with Crippen molar-refractivity contribution in [2.75, 3.05) is 14.2 Å². The molecule has 0 atom stereocenters. The second kappa shape index (κ2) is 7.00. The second-order valence-electron chi connectivity index (χ2n) is 6.18. The molecule has 3 heterocycles. The Morgan fingerprint density at radius 3 is 2.46 bits per heavy atom. The lowest BCUT2D eigenvalue weighted by Crippen LogP contribution is -2.03. The molecule has 0 radical (unpaired) electrons. The van der Waals surface area contributed by atoms with E-state index in [1.807, 2.05) is 25.1 Å². The first-order valence-electron chi connectivity index (χ1n) is 8.59. The highest BCUT2D eigenvalue weighted by Crippen LogP contribution is 2.36. The molecule has 0 unspecified atom stereocenters. The van der Waals surface area contributed by atoms with Crippen LogP contribution in [0.25, 0.3) is 28.0 Å². The summed E-state index contributed by atoms with van der Waals surface area (Å²) in [6.45, 7) is 1.94. The first-order chi connectivity index (χ1) is 13.7. The first-order valence-corrected chi connectivity index (χ1v) is 8.59. The van der Waals surface area contributed by atoms with Gasteiger partial charge in [-0.2, -0.15) is 10.2 Å². The normalized spacial score (nSPS) is 10.6. The summed E-state index contributed by atoms with van der Waals surface area (Å²) in [4.78, 5) is 13.7. The van der Waals surface area contributed by atoms with Crippen molar-refractivity contribution in [2.24, 2.45) is 0 Å². The molecular weight excluding hydrogens is 354 g/mol. The molecule has 4 rings (SSSR count). The summed E-state index contributed by atoms with van der Waals surface area (Å²) in [5.74, 6) is 0.574. The number of rotatable bonds is 4. The van der Waals surface area contributed by atoms with Crippen LogP contribution in [0.2, 0.25) is 0 Å². The molecule has 4 aromatic rings. The van der Waals surface area contributed by atoms with Crippen molar-refractivity contribution < 1.29 is 9.47 Å². The molecule has 0 amide bonds. The minimum absolute atomic E-state index is 0.425. The van der Waals surface area contributed by atoms with Crippen LogP contribution in [0.15, 0.2) is 48.9 Å². The van der Waals surface area contributed by atoms with Crippen LogP contribution in [-0.2, 0) is 0 Å². The number of fused-ring (bicyclic) bond motifs is 1. The number of hydrogen-bond acceptors (Lipinski definition) is 6. The Morgan fingerprint density at radius 2 is 1.82 bits per heavy atom. The number of aromatic nitrogens is 4. The highest BCUT2D eigenvalue weighted by molar-refractivity contribution is 5.90. The maximum absolute atomic E-state index is 9.09. The fourth-order valence-electron chi connectivity index (χ4n) is 3.19. The van der Waals surface area contributed by atoms with Crippen LogP contribution < -0.4 is 9.47 Å². The summed E-state index contributed by atoms with van der Waals surface area (Å²) in [7, 11) is 3.17. The molecule has 0 aliphatic heterocycles. The number of aryl methyl sites for hydroxylation is 1. The molecule has 0 saturated carbocycles. The predicted octanol–water partition coefficient (Wildman–Crippen LogP) is 3.66. The van der Waals surface area contributed by atoms with Gasteiger partial charge < -0.3 is 9.47 Å². The van der Waals surface area contributed by atoms with Crippen molar-refractivity contribution in [3.63, 3.8) is 0 Å². The number of methoxy groups -OCH3 is 2. The summed E-state index contributed by atoms with van der Waals surface area (Å²) in [5.41, 5.74) is 5.44. The number of benzene rings is 1. The van der Waals surface area contributed by atoms with Gasteiger partial charge in [-0.05, 0) is 25.1 Å². The monoisotopic (exact) mass is 371 g/mol. The fourth-order valence-corrected chi connectivity index (χ4v) is 3.19. The maximum Gasteiger partial charge on any atom is 0.302 e. The minimum Gasteiger partial charge on any atom is -0.481 e. The molecule has 0 N–H and O–H groups in total. The van der Waals surface area contributed by atoms with E-state index in [0.29, 0.717) is 28.8 Å². The smallest absolute Gasteiger partial charge is 0.302 e. The Kier molecular flexibility index (Phi) is 4.38. The number of pyridine rings is 1. The Bertz CT molecular complexity index is 1210. The third-order valence-corrected chi connectivity index (χ3v) is 4.50. The third-order valence-electron chi connectivity index (χ3n) is 4.50. The van der Waals surface area contributed by atoms with Crippen LogP contribution in [0.5, 0.6) is 11.9 Å². The summed E-state index contributed by atoms with van der Waals surface area (Å²) < 4.78 is 12.5. The molecule has 0 aliphatic carbocycles. The van der Waals surface area contributed by atoms with Gasteiger partial charge in [0.2, 0.25) is 5.88 Å². The third kappa shape index (κ3) is 2.81. The molecule has 138 valence electrons. The van der Waals surface area contributed by atoms with Gasteiger partial charge in [0.1, 0.15) is 0 Å². The van der Waals surface area contributed by atoms with Gasteiger partial charge in [0.25, 0.3) is 0 Å². The average molecular weight is 371 g/mol. The van der Waals surface area contributed by atoms with Gasteiger partial charge in [0.15, 0.2) is 5.65 Å². The summed E-state index contributed by atoms with van der Waals surface area (Å²) in [6, 6.07) is 11.8. The van der Waals surface area contributed by atoms with E-state index in [9.17, 15) is 0 Å². The lowest BCUT2D eigenvalue weighted by molar-refractivity contribution is 0.375. The zero-order valence-corrected chi connectivity index (χ0v) is 15.7. The first kappa shape index (κ1) is 17.5. The number of nitriles is 1. The van der Waals surface area contributed by atoms with E-state index < -0.39 is 0 Å². The minimum atomic E-state index is 0.425. The predicted molar refractivity (Wildman–Crippen MR) is 104 cm³/mol. The maximum atomic E-state index is 9.09. The molecule has 0 aliphatic rings. The van der Waals surface area contributed by atoms with Crippen LogP contribution in [0.3, 0.4) is 0 Å². The van der Waals surface area contributed by atoms with E-state index in [-0.39, 0.29) is 0 Å². The van der Waals surface area contributed by atoms with Gasteiger partial charge in [0.05, 0.1) is 37.1 Å². The SMILES string of the molecule is COc1ncc(-c2c(-c3ccc(C#N)cc3)nc(OC)n3ccnc23)cc1C. The van der Waals surface area contributed by atoms with Crippen molar-refractivity contribution in [3.05, 3.63) is 60.0 Å². The van der Waals surface area contributed by atoms with Crippen molar-refractivity contribution in [1.82, 2.24) is 19.4 Å². The molecule has 3 aromatic heterocycles. The lowest BCUT2D eigenvalue weighted by Gasteiger charge is -2.14. The lowest BCUT2D eigenvalue weighted by atomic mass is 9.99. The zero-order chi connectivity index (χ0) is 19.7. The van der Waals surface area contributed by atoms with Gasteiger partial charge in [-0.25, -0.2) is 9.97 Å². The van der Waals surface area contributed by atoms with Crippen LogP contribution in [-0.4, -0.2) is 33.6 Å². The quantitative estimate of drug-likeness (QED) is 0.544. The van der Waals surface area contributed by atoms with E-state index in [1.165, 1.54) is 0 Å².